The Morgan fingerprint density at radius 1 is 0.969 bits per heavy atom. The van der Waals surface area contributed by atoms with Crippen molar-refractivity contribution < 1.29 is 27.5 Å². The van der Waals surface area contributed by atoms with Gasteiger partial charge in [0.15, 0.2) is 0 Å². The van der Waals surface area contributed by atoms with Gasteiger partial charge in [-0.05, 0) is 64.3 Å². The maximum atomic E-state index is 13.2. The van der Waals surface area contributed by atoms with E-state index in [-0.39, 0.29) is 37.0 Å². The number of rotatable bonds is 4. The average molecular weight is 468 g/mol. The molecule has 2 saturated heterocycles. The van der Waals surface area contributed by atoms with Crippen molar-refractivity contribution in [3.63, 3.8) is 0 Å². The van der Waals surface area contributed by atoms with Gasteiger partial charge in [-0.25, -0.2) is 13.2 Å². The van der Waals surface area contributed by atoms with Gasteiger partial charge in [0.25, 0.3) is 0 Å². The molecule has 3 rings (SSSR count). The molecule has 2 fully saturated rings. The number of methoxy groups -OCH3 is 1. The maximum absolute atomic E-state index is 13.2. The molecule has 2 aliphatic rings. The number of hydrogen-bond acceptors (Lipinski definition) is 6. The predicted molar refractivity (Wildman–Crippen MR) is 119 cm³/mol. The highest BCUT2D eigenvalue weighted by atomic mass is 32.2. The van der Waals surface area contributed by atoms with Crippen LogP contribution in [0, 0.1) is 0 Å². The minimum atomic E-state index is -3.65. The fraction of sp³-hybridized carbons (Fsp3) is 0.636. The number of likely N-dealkylation sites (tertiary alicyclic amines) is 1. The molecule has 1 unspecified atom stereocenters. The lowest BCUT2D eigenvalue weighted by Gasteiger charge is -2.40. The van der Waals surface area contributed by atoms with E-state index in [1.54, 1.807) is 37.8 Å². The summed E-state index contributed by atoms with van der Waals surface area (Å²) in [4.78, 5) is 29.2. The summed E-state index contributed by atoms with van der Waals surface area (Å²) >= 11 is 0. The Morgan fingerprint density at radius 2 is 1.59 bits per heavy atom. The second-order valence-corrected chi connectivity index (χ2v) is 11.0. The standard InChI is InChI=1S/C22H33N3O6S/c1-22(2,3)31-21(27)25-12-6-5-7-19(25)20(26)23-13-15-24(16-14-23)32(28,29)18-10-8-17(30-4)9-11-18/h8-11,19H,5-7,12-16H2,1-4H3. The minimum Gasteiger partial charge on any atom is -0.497 e. The van der Waals surface area contributed by atoms with Gasteiger partial charge in [-0.1, -0.05) is 0 Å². The van der Waals surface area contributed by atoms with Crippen LogP contribution in [0.15, 0.2) is 29.2 Å². The van der Waals surface area contributed by atoms with Crippen molar-refractivity contribution in [3.8, 4) is 5.75 Å². The Bertz CT molecular complexity index is 918. The molecule has 2 amide bonds. The van der Waals surface area contributed by atoms with E-state index in [1.807, 2.05) is 0 Å². The molecule has 0 bridgehead atoms. The summed E-state index contributed by atoms with van der Waals surface area (Å²) < 4.78 is 37.9. The highest BCUT2D eigenvalue weighted by Gasteiger charge is 2.39. The molecule has 9 nitrogen and oxygen atoms in total. The fourth-order valence-corrected chi connectivity index (χ4v) is 5.41. The number of nitrogens with zero attached hydrogens (tertiary/aromatic N) is 3. The largest absolute Gasteiger partial charge is 0.497 e. The van der Waals surface area contributed by atoms with Crippen LogP contribution >= 0.6 is 0 Å². The molecule has 1 aromatic carbocycles. The zero-order valence-corrected chi connectivity index (χ0v) is 20.1. The van der Waals surface area contributed by atoms with E-state index in [1.165, 1.54) is 28.4 Å². The second kappa shape index (κ2) is 9.66. The van der Waals surface area contributed by atoms with Crippen molar-refractivity contribution in [1.82, 2.24) is 14.1 Å². The van der Waals surface area contributed by atoms with Gasteiger partial charge in [0.05, 0.1) is 12.0 Å². The lowest BCUT2D eigenvalue weighted by Crippen LogP contribution is -2.58. The molecule has 2 aliphatic heterocycles. The first-order chi connectivity index (χ1) is 15.0. The van der Waals surface area contributed by atoms with Crippen molar-refractivity contribution in [2.45, 2.75) is 56.6 Å². The van der Waals surface area contributed by atoms with Crippen LogP contribution in [0.5, 0.6) is 5.75 Å². The van der Waals surface area contributed by atoms with Crippen LogP contribution in [-0.4, -0.2) is 86.0 Å². The number of ether oxygens (including phenoxy) is 2. The normalized spacial score (nSPS) is 20.7. The van der Waals surface area contributed by atoms with E-state index in [4.69, 9.17) is 9.47 Å². The van der Waals surface area contributed by atoms with E-state index in [0.717, 1.165) is 12.8 Å². The fourth-order valence-electron chi connectivity index (χ4n) is 3.98. The summed E-state index contributed by atoms with van der Waals surface area (Å²) in [5.74, 6) is 0.443. The number of piperidine rings is 1. The SMILES string of the molecule is COc1ccc(S(=O)(=O)N2CCN(C(=O)C3CCCCN3C(=O)OC(C)(C)C)CC2)cc1. The van der Waals surface area contributed by atoms with E-state index in [2.05, 4.69) is 0 Å². The Morgan fingerprint density at radius 3 is 2.16 bits per heavy atom. The predicted octanol–water partition coefficient (Wildman–Crippen LogP) is 2.32. The molecular formula is C22H33N3O6S. The number of sulfonamides is 1. The molecule has 32 heavy (non-hydrogen) atoms. The number of benzene rings is 1. The van der Waals surface area contributed by atoms with Crippen LogP contribution in [0.1, 0.15) is 40.0 Å². The van der Waals surface area contributed by atoms with Gasteiger partial charge >= 0.3 is 6.09 Å². The van der Waals surface area contributed by atoms with Crippen LogP contribution in [0.25, 0.3) is 0 Å². The molecule has 178 valence electrons. The quantitative estimate of drug-likeness (QED) is 0.674. The summed E-state index contributed by atoms with van der Waals surface area (Å²) in [5.41, 5.74) is -0.635. The van der Waals surface area contributed by atoms with Crippen LogP contribution < -0.4 is 4.74 Å². The summed E-state index contributed by atoms with van der Waals surface area (Å²) in [6.45, 7) is 6.87. The van der Waals surface area contributed by atoms with Gasteiger partial charge < -0.3 is 14.4 Å². The zero-order chi connectivity index (χ0) is 23.5. The molecule has 1 aromatic rings. The molecule has 0 saturated carbocycles. The first-order valence-electron chi connectivity index (χ1n) is 11.0. The summed E-state index contributed by atoms with van der Waals surface area (Å²) in [7, 11) is -2.13. The van der Waals surface area contributed by atoms with Crippen LogP contribution in [0.2, 0.25) is 0 Å². The van der Waals surface area contributed by atoms with Gasteiger partial charge in [0.1, 0.15) is 17.4 Å². The highest BCUT2D eigenvalue weighted by molar-refractivity contribution is 7.89. The Labute approximate surface area is 190 Å². The Balaban J connectivity index is 1.64. The van der Waals surface area contributed by atoms with Gasteiger partial charge in [0.2, 0.25) is 15.9 Å². The Kier molecular flexibility index (Phi) is 7.34. The number of amides is 2. The summed E-state index contributed by atoms with van der Waals surface area (Å²) in [6.07, 6.45) is 1.80. The van der Waals surface area contributed by atoms with Gasteiger partial charge in [0, 0.05) is 32.7 Å². The molecule has 0 radical (unpaired) electrons. The van der Waals surface area contributed by atoms with Gasteiger partial charge in [-0.3, -0.25) is 9.69 Å². The zero-order valence-electron chi connectivity index (χ0n) is 19.2. The van der Waals surface area contributed by atoms with Crippen molar-refractivity contribution in [1.29, 1.82) is 0 Å². The molecule has 2 heterocycles. The van der Waals surface area contributed by atoms with Crippen LogP contribution in [0.3, 0.4) is 0 Å². The molecule has 0 N–H and O–H groups in total. The lowest BCUT2D eigenvalue weighted by molar-refractivity contribution is -0.139. The van der Waals surface area contributed by atoms with Crippen molar-refractivity contribution in [3.05, 3.63) is 24.3 Å². The lowest BCUT2D eigenvalue weighted by atomic mass is 10.0. The third-order valence-electron chi connectivity index (χ3n) is 5.66. The highest BCUT2D eigenvalue weighted by Crippen LogP contribution is 2.24. The molecule has 1 atom stereocenters. The van der Waals surface area contributed by atoms with Gasteiger partial charge in [-0.2, -0.15) is 4.31 Å². The summed E-state index contributed by atoms with van der Waals surface area (Å²) in [6, 6.07) is 5.70. The molecular weight excluding hydrogens is 434 g/mol. The van der Waals surface area contributed by atoms with Crippen LogP contribution in [0.4, 0.5) is 4.79 Å². The minimum absolute atomic E-state index is 0.142. The monoisotopic (exact) mass is 467 g/mol. The first-order valence-corrected chi connectivity index (χ1v) is 12.4. The van der Waals surface area contributed by atoms with E-state index in [0.29, 0.717) is 18.7 Å². The van der Waals surface area contributed by atoms with Gasteiger partial charge in [-0.15, -0.1) is 0 Å². The van der Waals surface area contributed by atoms with E-state index < -0.39 is 27.8 Å². The topological polar surface area (TPSA) is 96.5 Å². The number of carbonyl (C=O) groups is 2. The summed E-state index contributed by atoms with van der Waals surface area (Å²) in [5, 5.41) is 0. The van der Waals surface area contributed by atoms with E-state index in [9.17, 15) is 18.0 Å². The second-order valence-electron chi connectivity index (χ2n) is 9.09. The molecule has 0 aromatic heterocycles. The smallest absolute Gasteiger partial charge is 0.410 e. The molecule has 0 aliphatic carbocycles. The first kappa shape index (κ1) is 24.3. The van der Waals surface area contributed by atoms with Crippen molar-refractivity contribution in [2.75, 3.05) is 39.8 Å². The molecule has 0 spiro atoms. The van der Waals surface area contributed by atoms with Crippen molar-refractivity contribution >= 4 is 22.0 Å². The number of hydrogen-bond donors (Lipinski definition) is 0. The number of piperazine rings is 1. The Hall–Kier alpha value is -2.33. The third-order valence-corrected chi connectivity index (χ3v) is 7.58. The number of carbonyl (C=O) groups excluding carboxylic acids is 2. The van der Waals surface area contributed by atoms with Crippen LogP contribution in [-0.2, 0) is 19.6 Å². The van der Waals surface area contributed by atoms with Crippen molar-refractivity contribution in [2.24, 2.45) is 0 Å². The third kappa shape index (κ3) is 5.53. The molecule has 10 heteroatoms. The maximum Gasteiger partial charge on any atom is 0.410 e. The average Bonchev–Trinajstić information content (AvgIpc) is 2.77. The van der Waals surface area contributed by atoms with E-state index >= 15 is 0 Å².